The van der Waals surface area contributed by atoms with Crippen molar-refractivity contribution in [3.63, 3.8) is 0 Å². The van der Waals surface area contributed by atoms with Crippen LogP contribution < -0.4 is 5.32 Å². The van der Waals surface area contributed by atoms with Crippen LogP contribution in [0.25, 0.3) is 0 Å². The molecule has 3 nitrogen and oxygen atoms in total. The van der Waals surface area contributed by atoms with Gasteiger partial charge in [0, 0.05) is 6.20 Å². The van der Waals surface area contributed by atoms with Crippen molar-refractivity contribution in [2.45, 2.75) is 13.0 Å². The molecule has 1 heterocycles. The molecule has 20 heavy (non-hydrogen) atoms. The van der Waals surface area contributed by atoms with E-state index in [0.29, 0.717) is 11.8 Å². The van der Waals surface area contributed by atoms with E-state index in [1.54, 1.807) is 31.3 Å². The molecule has 1 atom stereocenters. The molecule has 0 fully saturated rings. The second-order valence-corrected chi connectivity index (χ2v) is 4.17. The first-order chi connectivity index (χ1) is 9.50. The van der Waals surface area contributed by atoms with Crippen LogP contribution in [0.2, 0.25) is 0 Å². The topological polar surface area (TPSA) is 42.0 Å². The monoisotopic (exact) mass is 280 g/mol. The van der Waals surface area contributed by atoms with E-state index in [-0.39, 0.29) is 0 Å². The molecule has 1 amide bonds. The number of halogens is 3. The maximum absolute atomic E-state index is 13.5. The number of hydrogen-bond donors (Lipinski definition) is 1. The summed E-state index contributed by atoms with van der Waals surface area (Å²) in [4.78, 5) is 15.9. The number of benzene rings is 1. The summed E-state index contributed by atoms with van der Waals surface area (Å²) in [6.45, 7) is 1.65. The van der Waals surface area contributed by atoms with Crippen molar-refractivity contribution in [2.24, 2.45) is 0 Å². The molecular weight excluding hydrogens is 269 g/mol. The highest BCUT2D eigenvalue weighted by molar-refractivity contribution is 5.94. The van der Waals surface area contributed by atoms with Gasteiger partial charge in [-0.05, 0) is 31.2 Å². The zero-order chi connectivity index (χ0) is 14.7. The molecule has 1 unspecified atom stereocenters. The minimum absolute atomic E-state index is 0.490. The first-order valence-corrected chi connectivity index (χ1v) is 5.86. The maximum atomic E-state index is 13.5. The molecule has 104 valence electrons. The fraction of sp³-hybridized carbons (Fsp3) is 0.143. The molecule has 0 radical (unpaired) electrons. The van der Waals surface area contributed by atoms with E-state index < -0.39 is 35.0 Å². The van der Waals surface area contributed by atoms with Gasteiger partial charge in [0.1, 0.15) is 0 Å². The molecule has 0 saturated heterocycles. The number of rotatable bonds is 3. The average molecular weight is 280 g/mol. The minimum Gasteiger partial charge on any atom is -0.344 e. The van der Waals surface area contributed by atoms with Crippen LogP contribution >= 0.6 is 0 Å². The Morgan fingerprint density at radius 2 is 1.90 bits per heavy atom. The zero-order valence-electron chi connectivity index (χ0n) is 10.5. The summed E-state index contributed by atoms with van der Waals surface area (Å²) in [6, 6.07) is 6.26. The molecule has 2 aromatic rings. The lowest BCUT2D eigenvalue weighted by atomic mass is 10.1. The highest BCUT2D eigenvalue weighted by atomic mass is 19.2. The molecule has 0 aliphatic rings. The molecule has 2 rings (SSSR count). The van der Waals surface area contributed by atoms with E-state index in [1.165, 1.54) is 0 Å². The van der Waals surface area contributed by atoms with Crippen molar-refractivity contribution in [3.05, 3.63) is 65.2 Å². The van der Waals surface area contributed by atoms with Gasteiger partial charge in [-0.2, -0.15) is 0 Å². The third-order valence-corrected chi connectivity index (χ3v) is 2.76. The molecule has 0 spiro atoms. The Kier molecular flexibility index (Phi) is 4.02. The van der Waals surface area contributed by atoms with Gasteiger partial charge in [-0.1, -0.05) is 6.07 Å². The second kappa shape index (κ2) is 5.73. The Bertz CT molecular complexity index is 632. The van der Waals surface area contributed by atoms with E-state index in [2.05, 4.69) is 10.3 Å². The van der Waals surface area contributed by atoms with Gasteiger partial charge < -0.3 is 5.32 Å². The first kappa shape index (κ1) is 14.0. The highest BCUT2D eigenvalue weighted by Gasteiger charge is 2.20. The number of amides is 1. The van der Waals surface area contributed by atoms with Crippen LogP contribution in [0, 0.1) is 17.5 Å². The summed E-state index contributed by atoms with van der Waals surface area (Å²) < 4.78 is 39.3. The van der Waals surface area contributed by atoms with Gasteiger partial charge in [-0.3, -0.25) is 9.78 Å². The predicted molar refractivity (Wildman–Crippen MR) is 66.4 cm³/mol. The summed E-state index contributed by atoms with van der Waals surface area (Å²) >= 11 is 0. The number of pyridine rings is 1. The number of aromatic nitrogens is 1. The number of carbonyl (C=O) groups excluding carboxylic acids is 1. The molecule has 6 heteroatoms. The number of carbonyl (C=O) groups is 1. The van der Waals surface area contributed by atoms with E-state index in [4.69, 9.17) is 0 Å². The summed E-state index contributed by atoms with van der Waals surface area (Å²) in [5.74, 6) is -5.34. The van der Waals surface area contributed by atoms with E-state index in [0.717, 1.165) is 6.07 Å². The van der Waals surface area contributed by atoms with E-state index in [9.17, 15) is 18.0 Å². The largest absolute Gasteiger partial charge is 0.344 e. The lowest BCUT2D eigenvalue weighted by molar-refractivity contribution is 0.0933. The Morgan fingerprint density at radius 1 is 1.15 bits per heavy atom. The molecule has 1 N–H and O–H groups in total. The van der Waals surface area contributed by atoms with Crippen molar-refractivity contribution in [2.75, 3.05) is 0 Å². The van der Waals surface area contributed by atoms with Crippen molar-refractivity contribution >= 4 is 5.91 Å². The fourth-order valence-corrected chi connectivity index (χ4v) is 1.68. The fourth-order valence-electron chi connectivity index (χ4n) is 1.68. The SMILES string of the molecule is CC(NC(=O)c1ccc(F)c(F)c1F)c1ccccn1. The Balaban J connectivity index is 2.19. The third kappa shape index (κ3) is 2.79. The molecule has 0 aliphatic heterocycles. The predicted octanol–water partition coefficient (Wildman–Crippen LogP) is 2.99. The number of nitrogens with one attached hydrogen (secondary N) is 1. The van der Waals surface area contributed by atoms with Crippen molar-refractivity contribution in [3.8, 4) is 0 Å². The van der Waals surface area contributed by atoms with Crippen LogP contribution in [-0.4, -0.2) is 10.9 Å². The Labute approximate surface area is 113 Å². The van der Waals surface area contributed by atoms with Gasteiger partial charge in [0.15, 0.2) is 17.5 Å². The smallest absolute Gasteiger partial charge is 0.254 e. The van der Waals surface area contributed by atoms with Gasteiger partial charge in [-0.25, -0.2) is 13.2 Å². The lowest BCUT2D eigenvalue weighted by Crippen LogP contribution is -2.28. The number of hydrogen-bond acceptors (Lipinski definition) is 2. The zero-order valence-corrected chi connectivity index (χ0v) is 10.5. The summed E-state index contributed by atoms with van der Waals surface area (Å²) in [5, 5.41) is 2.47. The van der Waals surface area contributed by atoms with Crippen LogP contribution in [0.15, 0.2) is 36.5 Å². The van der Waals surface area contributed by atoms with Gasteiger partial charge in [0.05, 0.1) is 17.3 Å². The summed E-state index contributed by atoms with van der Waals surface area (Å²) in [7, 11) is 0. The lowest BCUT2D eigenvalue weighted by Gasteiger charge is -2.13. The normalized spacial score (nSPS) is 12.0. The van der Waals surface area contributed by atoms with Crippen molar-refractivity contribution in [1.29, 1.82) is 0 Å². The van der Waals surface area contributed by atoms with Crippen LogP contribution in [0.4, 0.5) is 13.2 Å². The van der Waals surface area contributed by atoms with Crippen molar-refractivity contribution in [1.82, 2.24) is 10.3 Å². The molecular formula is C14H11F3N2O. The van der Waals surface area contributed by atoms with Crippen LogP contribution in [0.1, 0.15) is 29.0 Å². The van der Waals surface area contributed by atoms with Crippen LogP contribution in [0.3, 0.4) is 0 Å². The van der Waals surface area contributed by atoms with Crippen LogP contribution in [-0.2, 0) is 0 Å². The highest BCUT2D eigenvalue weighted by Crippen LogP contribution is 2.16. The molecule has 1 aromatic heterocycles. The van der Waals surface area contributed by atoms with Gasteiger partial charge in [-0.15, -0.1) is 0 Å². The molecule has 0 saturated carbocycles. The quantitative estimate of drug-likeness (QED) is 0.878. The van der Waals surface area contributed by atoms with Crippen LogP contribution in [0.5, 0.6) is 0 Å². The van der Waals surface area contributed by atoms with Gasteiger partial charge in [0.2, 0.25) is 0 Å². The second-order valence-electron chi connectivity index (χ2n) is 4.17. The van der Waals surface area contributed by atoms with Gasteiger partial charge >= 0.3 is 0 Å². The first-order valence-electron chi connectivity index (χ1n) is 5.86. The Morgan fingerprint density at radius 3 is 2.55 bits per heavy atom. The molecule has 0 aliphatic carbocycles. The Hall–Kier alpha value is -2.37. The minimum atomic E-state index is -1.66. The number of nitrogens with zero attached hydrogens (tertiary/aromatic N) is 1. The summed E-state index contributed by atoms with van der Waals surface area (Å²) in [6.07, 6.45) is 1.55. The standard InChI is InChI=1S/C14H11F3N2O/c1-8(11-4-2-3-7-18-11)19-14(20)9-5-6-10(15)13(17)12(9)16/h2-8H,1H3,(H,19,20). The van der Waals surface area contributed by atoms with E-state index >= 15 is 0 Å². The van der Waals surface area contributed by atoms with Gasteiger partial charge in [0.25, 0.3) is 5.91 Å². The maximum Gasteiger partial charge on any atom is 0.254 e. The summed E-state index contributed by atoms with van der Waals surface area (Å²) in [5.41, 5.74) is 0.0236. The van der Waals surface area contributed by atoms with E-state index in [1.807, 2.05) is 0 Å². The van der Waals surface area contributed by atoms with Crippen molar-refractivity contribution < 1.29 is 18.0 Å². The molecule has 0 bridgehead atoms. The molecule has 1 aromatic carbocycles. The average Bonchev–Trinajstić information content (AvgIpc) is 2.45. The third-order valence-electron chi connectivity index (χ3n) is 2.76.